The van der Waals surface area contributed by atoms with Crippen molar-refractivity contribution in [3.8, 4) is 5.75 Å². The van der Waals surface area contributed by atoms with Crippen molar-refractivity contribution in [1.82, 2.24) is 0 Å². The van der Waals surface area contributed by atoms with Gasteiger partial charge >= 0.3 is 0 Å². The minimum Gasteiger partial charge on any atom is -0.506 e. The van der Waals surface area contributed by atoms with Crippen molar-refractivity contribution in [1.29, 1.82) is 0 Å². The van der Waals surface area contributed by atoms with Gasteiger partial charge in [0.1, 0.15) is 5.75 Å². The lowest BCUT2D eigenvalue weighted by atomic mass is 10.1. The SMILES string of the molecule is CC(Cl)C(=O)c1ccc(O)c(Cl)c1. The van der Waals surface area contributed by atoms with Gasteiger partial charge in [-0.25, -0.2) is 0 Å². The molecule has 0 radical (unpaired) electrons. The van der Waals surface area contributed by atoms with E-state index in [0.717, 1.165) is 0 Å². The summed E-state index contributed by atoms with van der Waals surface area (Å²) in [7, 11) is 0. The molecule has 0 amide bonds. The van der Waals surface area contributed by atoms with Crippen LogP contribution < -0.4 is 0 Å². The van der Waals surface area contributed by atoms with E-state index < -0.39 is 5.38 Å². The maximum Gasteiger partial charge on any atom is 0.180 e. The molecule has 0 aromatic heterocycles. The number of phenolic OH excluding ortho intramolecular Hbond substituents is 1. The molecular weight excluding hydrogens is 211 g/mol. The summed E-state index contributed by atoms with van der Waals surface area (Å²) in [5.41, 5.74) is 0.408. The summed E-state index contributed by atoms with van der Waals surface area (Å²) in [4.78, 5) is 11.3. The maximum atomic E-state index is 11.3. The minimum absolute atomic E-state index is 0.0413. The second-order valence-corrected chi connectivity index (χ2v) is 3.71. The molecule has 1 aromatic rings. The first-order valence-corrected chi connectivity index (χ1v) is 4.50. The number of carbonyl (C=O) groups excluding carboxylic acids is 1. The topological polar surface area (TPSA) is 37.3 Å². The smallest absolute Gasteiger partial charge is 0.180 e. The van der Waals surface area contributed by atoms with Crippen molar-refractivity contribution in [3.63, 3.8) is 0 Å². The molecule has 1 N–H and O–H groups in total. The summed E-state index contributed by atoms with van der Waals surface area (Å²) in [5, 5.41) is 8.66. The Morgan fingerprint density at radius 2 is 2.15 bits per heavy atom. The van der Waals surface area contributed by atoms with Gasteiger partial charge in [-0.15, -0.1) is 11.6 Å². The summed E-state index contributed by atoms with van der Waals surface area (Å²) in [6.45, 7) is 1.59. The molecular formula is C9H8Cl2O2. The standard InChI is InChI=1S/C9H8Cl2O2/c1-5(10)9(13)6-2-3-8(12)7(11)4-6/h2-5,12H,1H3. The number of hydrogen-bond donors (Lipinski definition) is 1. The Balaban J connectivity index is 3.04. The van der Waals surface area contributed by atoms with E-state index in [2.05, 4.69) is 0 Å². The summed E-state index contributed by atoms with van der Waals surface area (Å²) in [6, 6.07) is 4.26. The molecule has 0 saturated heterocycles. The van der Waals surface area contributed by atoms with Gasteiger partial charge in [0.25, 0.3) is 0 Å². The summed E-state index contributed by atoms with van der Waals surface area (Å²) >= 11 is 11.2. The van der Waals surface area contributed by atoms with Gasteiger partial charge in [0.15, 0.2) is 5.78 Å². The fourth-order valence-corrected chi connectivity index (χ4v) is 1.20. The van der Waals surface area contributed by atoms with Crippen LogP contribution >= 0.6 is 23.2 Å². The van der Waals surface area contributed by atoms with Crippen LogP contribution in [0.25, 0.3) is 0 Å². The van der Waals surface area contributed by atoms with Gasteiger partial charge in [-0.05, 0) is 25.1 Å². The average Bonchev–Trinajstić information content (AvgIpc) is 2.08. The Labute approximate surface area is 86.1 Å². The number of alkyl halides is 1. The lowest BCUT2D eigenvalue weighted by Crippen LogP contribution is -2.09. The third-order valence-electron chi connectivity index (χ3n) is 1.59. The molecule has 1 unspecified atom stereocenters. The van der Waals surface area contributed by atoms with E-state index in [1.807, 2.05) is 0 Å². The monoisotopic (exact) mass is 218 g/mol. The first-order chi connectivity index (χ1) is 6.02. The highest BCUT2D eigenvalue weighted by atomic mass is 35.5. The van der Waals surface area contributed by atoms with Crippen LogP contribution in [-0.2, 0) is 0 Å². The molecule has 0 spiro atoms. The van der Waals surface area contributed by atoms with Crippen LogP contribution in [0.15, 0.2) is 18.2 Å². The number of hydrogen-bond acceptors (Lipinski definition) is 2. The van der Waals surface area contributed by atoms with Gasteiger partial charge in [-0.3, -0.25) is 4.79 Å². The number of carbonyl (C=O) groups is 1. The molecule has 1 rings (SSSR count). The van der Waals surface area contributed by atoms with Crippen molar-refractivity contribution in [2.75, 3.05) is 0 Å². The molecule has 0 bridgehead atoms. The molecule has 0 aliphatic carbocycles. The second kappa shape index (κ2) is 3.99. The molecule has 70 valence electrons. The van der Waals surface area contributed by atoms with Crippen molar-refractivity contribution in [2.24, 2.45) is 0 Å². The number of Topliss-reactive ketones (excluding diaryl/α,β-unsaturated/α-hetero) is 1. The van der Waals surface area contributed by atoms with Gasteiger partial charge < -0.3 is 5.11 Å². The predicted octanol–water partition coefficient (Wildman–Crippen LogP) is 2.86. The van der Waals surface area contributed by atoms with Crippen LogP contribution in [0.3, 0.4) is 0 Å². The van der Waals surface area contributed by atoms with E-state index >= 15 is 0 Å². The fraction of sp³-hybridized carbons (Fsp3) is 0.222. The van der Waals surface area contributed by atoms with Gasteiger partial charge in [0.2, 0.25) is 0 Å². The molecule has 0 saturated carbocycles. The van der Waals surface area contributed by atoms with Crippen molar-refractivity contribution < 1.29 is 9.90 Å². The lowest BCUT2D eigenvalue weighted by Gasteiger charge is -2.03. The minimum atomic E-state index is -0.583. The highest BCUT2D eigenvalue weighted by Crippen LogP contribution is 2.24. The number of phenols is 1. The molecule has 1 aromatic carbocycles. The van der Waals surface area contributed by atoms with Crippen LogP contribution in [0, 0.1) is 0 Å². The largest absolute Gasteiger partial charge is 0.506 e. The number of benzene rings is 1. The van der Waals surface area contributed by atoms with Crippen LogP contribution in [0.2, 0.25) is 5.02 Å². The van der Waals surface area contributed by atoms with Crippen molar-refractivity contribution >= 4 is 29.0 Å². The van der Waals surface area contributed by atoms with Gasteiger partial charge in [0, 0.05) is 5.56 Å². The second-order valence-electron chi connectivity index (χ2n) is 2.65. The third-order valence-corrected chi connectivity index (χ3v) is 2.09. The van der Waals surface area contributed by atoms with Crippen molar-refractivity contribution in [2.45, 2.75) is 12.3 Å². The van der Waals surface area contributed by atoms with E-state index in [9.17, 15) is 4.79 Å². The normalized spacial score (nSPS) is 12.5. The Morgan fingerprint density at radius 3 is 2.62 bits per heavy atom. The Hall–Kier alpha value is -0.730. The maximum absolute atomic E-state index is 11.3. The number of aromatic hydroxyl groups is 1. The zero-order valence-corrected chi connectivity index (χ0v) is 8.43. The Kier molecular flexibility index (Phi) is 3.17. The van der Waals surface area contributed by atoms with Crippen LogP contribution in [-0.4, -0.2) is 16.3 Å². The highest BCUT2D eigenvalue weighted by Gasteiger charge is 2.13. The molecule has 0 heterocycles. The number of halogens is 2. The van der Waals surface area contributed by atoms with E-state index in [1.165, 1.54) is 18.2 Å². The Bertz CT molecular complexity index is 334. The molecule has 0 fully saturated rings. The quantitative estimate of drug-likeness (QED) is 0.613. The van der Waals surface area contributed by atoms with E-state index in [1.54, 1.807) is 6.92 Å². The zero-order chi connectivity index (χ0) is 10.0. The van der Waals surface area contributed by atoms with Gasteiger partial charge in [-0.2, -0.15) is 0 Å². The molecule has 13 heavy (non-hydrogen) atoms. The van der Waals surface area contributed by atoms with E-state index in [0.29, 0.717) is 5.56 Å². The lowest BCUT2D eigenvalue weighted by molar-refractivity contribution is 0.0992. The first kappa shape index (κ1) is 10.4. The molecule has 1 atom stereocenters. The highest BCUT2D eigenvalue weighted by molar-refractivity contribution is 6.35. The molecule has 0 aliphatic heterocycles. The van der Waals surface area contributed by atoms with E-state index in [-0.39, 0.29) is 16.6 Å². The van der Waals surface area contributed by atoms with Crippen LogP contribution in [0.4, 0.5) is 0 Å². The number of rotatable bonds is 2. The van der Waals surface area contributed by atoms with Crippen molar-refractivity contribution in [3.05, 3.63) is 28.8 Å². The van der Waals surface area contributed by atoms with Crippen LogP contribution in [0.5, 0.6) is 5.75 Å². The number of ketones is 1. The summed E-state index contributed by atoms with van der Waals surface area (Å²) in [5.74, 6) is -0.246. The summed E-state index contributed by atoms with van der Waals surface area (Å²) < 4.78 is 0. The Morgan fingerprint density at radius 1 is 1.54 bits per heavy atom. The van der Waals surface area contributed by atoms with Crippen LogP contribution in [0.1, 0.15) is 17.3 Å². The molecule has 0 aliphatic rings. The van der Waals surface area contributed by atoms with Gasteiger partial charge in [0.05, 0.1) is 10.4 Å². The predicted molar refractivity (Wildman–Crippen MR) is 52.8 cm³/mol. The average molecular weight is 219 g/mol. The molecule has 4 heteroatoms. The van der Waals surface area contributed by atoms with E-state index in [4.69, 9.17) is 28.3 Å². The third kappa shape index (κ3) is 2.36. The zero-order valence-electron chi connectivity index (χ0n) is 6.92. The molecule has 2 nitrogen and oxygen atoms in total. The first-order valence-electron chi connectivity index (χ1n) is 3.69. The van der Waals surface area contributed by atoms with Gasteiger partial charge in [-0.1, -0.05) is 11.6 Å². The fourth-order valence-electron chi connectivity index (χ4n) is 0.890. The summed E-state index contributed by atoms with van der Waals surface area (Å²) in [6.07, 6.45) is 0.